The lowest BCUT2D eigenvalue weighted by atomic mass is 10.0. The molecular formula is C13H21ClN4O. The number of anilines is 1. The van der Waals surface area contributed by atoms with Crippen LogP contribution in [0, 0.1) is 5.92 Å². The molecule has 0 aromatic carbocycles. The van der Waals surface area contributed by atoms with Gasteiger partial charge in [0.15, 0.2) is 0 Å². The summed E-state index contributed by atoms with van der Waals surface area (Å²) in [4.78, 5) is 12.1. The van der Waals surface area contributed by atoms with E-state index in [4.69, 9.17) is 17.3 Å². The third-order valence-electron chi connectivity index (χ3n) is 3.74. The van der Waals surface area contributed by atoms with Crippen molar-refractivity contribution in [2.75, 3.05) is 11.9 Å². The Morgan fingerprint density at radius 2 is 2.32 bits per heavy atom. The van der Waals surface area contributed by atoms with Gasteiger partial charge in [-0.15, -0.1) is 0 Å². The number of hydrogen-bond acceptors (Lipinski definition) is 4. The Bertz CT molecular complexity index is 500. The second-order valence-corrected chi connectivity index (χ2v) is 5.77. The molecule has 1 aliphatic carbocycles. The lowest BCUT2D eigenvalue weighted by Crippen LogP contribution is -2.31. The Morgan fingerprint density at radius 3 is 2.95 bits per heavy atom. The number of rotatable bonds is 4. The molecule has 2 rings (SSSR count). The normalized spacial score (nSPS) is 23.0. The van der Waals surface area contributed by atoms with Crippen molar-refractivity contribution in [2.45, 2.75) is 45.2 Å². The average Bonchev–Trinajstić information content (AvgIpc) is 2.82. The lowest BCUT2D eigenvalue weighted by molar-refractivity contribution is 0.499. The first-order valence-corrected chi connectivity index (χ1v) is 7.16. The first-order valence-electron chi connectivity index (χ1n) is 6.78. The first kappa shape index (κ1) is 14.3. The molecule has 1 heterocycles. The third kappa shape index (κ3) is 2.92. The van der Waals surface area contributed by atoms with Crippen molar-refractivity contribution in [1.82, 2.24) is 9.78 Å². The highest BCUT2D eigenvalue weighted by atomic mass is 35.5. The van der Waals surface area contributed by atoms with Crippen molar-refractivity contribution in [3.8, 4) is 0 Å². The van der Waals surface area contributed by atoms with Crippen molar-refractivity contribution < 1.29 is 0 Å². The monoisotopic (exact) mass is 284 g/mol. The second-order valence-electron chi connectivity index (χ2n) is 5.39. The molecule has 0 amide bonds. The average molecular weight is 285 g/mol. The number of nitrogens with zero attached hydrogens (tertiary/aromatic N) is 2. The van der Waals surface area contributed by atoms with Crippen molar-refractivity contribution in [3.63, 3.8) is 0 Å². The van der Waals surface area contributed by atoms with E-state index in [-0.39, 0.29) is 16.6 Å². The van der Waals surface area contributed by atoms with Crippen molar-refractivity contribution in [2.24, 2.45) is 11.7 Å². The van der Waals surface area contributed by atoms with E-state index < -0.39 is 0 Å². The molecular weight excluding hydrogens is 264 g/mol. The quantitative estimate of drug-likeness (QED) is 0.887. The molecule has 0 bridgehead atoms. The van der Waals surface area contributed by atoms with Crippen LogP contribution in [0.2, 0.25) is 5.02 Å². The topological polar surface area (TPSA) is 72.9 Å². The van der Waals surface area contributed by atoms with Gasteiger partial charge in [0.25, 0.3) is 5.56 Å². The van der Waals surface area contributed by atoms with Crippen LogP contribution in [0.1, 0.15) is 39.2 Å². The van der Waals surface area contributed by atoms with Crippen LogP contribution in [0.15, 0.2) is 11.0 Å². The summed E-state index contributed by atoms with van der Waals surface area (Å²) in [6.07, 6.45) is 4.98. The number of halogens is 1. The maximum atomic E-state index is 12.1. The van der Waals surface area contributed by atoms with E-state index >= 15 is 0 Å². The van der Waals surface area contributed by atoms with Gasteiger partial charge in [-0.1, -0.05) is 18.0 Å². The Labute approximate surface area is 118 Å². The summed E-state index contributed by atoms with van der Waals surface area (Å²) in [5, 5.41) is 7.70. The molecule has 1 fully saturated rings. The van der Waals surface area contributed by atoms with Gasteiger partial charge in [0.1, 0.15) is 5.02 Å². The van der Waals surface area contributed by atoms with E-state index in [1.54, 1.807) is 6.20 Å². The minimum atomic E-state index is -0.246. The van der Waals surface area contributed by atoms with Gasteiger partial charge >= 0.3 is 0 Å². The lowest BCUT2D eigenvalue weighted by Gasteiger charge is -2.21. The summed E-state index contributed by atoms with van der Waals surface area (Å²) in [6, 6.07) is 0.293. The maximum Gasteiger partial charge on any atom is 0.287 e. The van der Waals surface area contributed by atoms with Gasteiger partial charge in [-0.2, -0.15) is 5.10 Å². The van der Waals surface area contributed by atoms with Gasteiger partial charge in [0, 0.05) is 6.04 Å². The third-order valence-corrected chi connectivity index (χ3v) is 4.10. The van der Waals surface area contributed by atoms with Crippen LogP contribution >= 0.6 is 11.6 Å². The molecule has 0 spiro atoms. The van der Waals surface area contributed by atoms with E-state index in [2.05, 4.69) is 10.4 Å². The Hall–Kier alpha value is -1.07. The highest BCUT2D eigenvalue weighted by Gasteiger charge is 2.27. The van der Waals surface area contributed by atoms with Crippen LogP contribution in [-0.2, 0) is 0 Å². The number of nitrogens with one attached hydrogen (secondary N) is 1. The van der Waals surface area contributed by atoms with E-state index in [0.717, 1.165) is 19.3 Å². The SMILES string of the molecule is CC(C)n1ncc(NC2CCCC2CN)c(Cl)c1=O. The van der Waals surface area contributed by atoms with Crippen LogP contribution in [0.25, 0.3) is 0 Å². The molecule has 19 heavy (non-hydrogen) atoms. The summed E-state index contributed by atoms with van der Waals surface area (Å²) < 4.78 is 1.39. The van der Waals surface area contributed by atoms with Gasteiger partial charge < -0.3 is 11.1 Å². The molecule has 106 valence electrons. The van der Waals surface area contributed by atoms with Crippen LogP contribution < -0.4 is 16.6 Å². The Balaban J connectivity index is 2.22. The van der Waals surface area contributed by atoms with Crippen LogP contribution in [0.4, 0.5) is 5.69 Å². The Kier molecular flexibility index (Phi) is 4.47. The predicted octanol–water partition coefficient (Wildman–Crippen LogP) is 2.02. The maximum absolute atomic E-state index is 12.1. The summed E-state index contributed by atoms with van der Waals surface area (Å²) in [6.45, 7) is 4.46. The molecule has 2 atom stereocenters. The van der Waals surface area contributed by atoms with Crippen LogP contribution in [-0.4, -0.2) is 22.4 Å². The summed E-state index contributed by atoms with van der Waals surface area (Å²) >= 11 is 6.14. The molecule has 0 saturated heterocycles. The molecule has 0 aliphatic heterocycles. The van der Waals surface area contributed by atoms with Crippen molar-refractivity contribution in [3.05, 3.63) is 21.6 Å². The zero-order chi connectivity index (χ0) is 14.0. The largest absolute Gasteiger partial charge is 0.379 e. The number of hydrogen-bond donors (Lipinski definition) is 2. The fourth-order valence-electron chi connectivity index (χ4n) is 2.62. The fraction of sp³-hybridized carbons (Fsp3) is 0.692. The Morgan fingerprint density at radius 1 is 1.58 bits per heavy atom. The molecule has 1 aromatic heterocycles. The first-order chi connectivity index (χ1) is 9.04. The van der Waals surface area contributed by atoms with Crippen LogP contribution in [0.5, 0.6) is 0 Å². The number of aromatic nitrogens is 2. The van der Waals surface area contributed by atoms with Gasteiger partial charge in [0.05, 0.1) is 17.9 Å². The summed E-state index contributed by atoms with van der Waals surface area (Å²) in [7, 11) is 0. The van der Waals surface area contributed by atoms with Gasteiger partial charge in [-0.25, -0.2) is 4.68 Å². The number of nitrogens with two attached hydrogens (primary N) is 1. The zero-order valence-electron chi connectivity index (χ0n) is 11.4. The van der Waals surface area contributed by atoms with Crippen molar-refractivity contribution in [1.29, 1.82) is 0 Å². The smallest absolute Gasteiger partial charge is 0.287 e. The molecule has 3 N–H and O–H groups in total. The molecule has 1 aromatic rings. The van der Waals surface area contributed by atoms with E-state index in [0.29, 0.717) is 24.2 Å². The molecule has 1 aliphatic rings. The van der Waals surface area contributed by atoms with E-state index in [1.807, 2.05) is 13.8 Å². The zero-order valence-corrected chi connectivity index (χ0v) is 12.2. The van der Waals surface area contributed by atoms with E-state index in [1.165, 1.54) is 4.68 Å². The summed E-state index contributed by atoms with van der Waals surface area (Å²) in [5.41, 5.74) is 6.13. The predicted molar refractivity (Wildman–Crippen MR) is 77.7 cm³/mol. The fourth-order valence-corrected chi connectivity index (χ4v) is 2.81. The second kappa shape index (κ2) is 5.92. The minimum absolute atomic E-state index is 0.00215. The standard InChI is InChI=1S/C13H21ClN4O/c1-8(2)18-13(19)12(14)11(7-16-18)17-10-5-3-4-9(10)6-15/h7-10,17H,3-6,15H2,1-2H3. The molecule has 0 radical (unpaired) electrons. The van der Waals surface area contributed by atoms with Gasteiger partial charge in [0.2, 0.25) is 0 Å². The van der Waals surface area contributed by atoms with Crippen LogP contribution in [0.3, 0.4) is 0 Å². The molecule has 1 saturated carbocycles. The molecule has 6 heteroatoms. The van der Waals surface area contributed by atoms with Gasteiger partial charge in [-0.3, -0.25) is 4.79 Å². The highest BCUT2D eigenvalue weighted by Crippen LogP contribution is 2.29. The van der Waals surface area contributed by atoms with Gasteiger partial charge in [-0.05, 0) is 39.2 Å². The highest BCUT2D eigenvalue weighted by molar-refractivity contribution is 6.32. The van der Waals surface area contributed by atoms with Crippen molar-refractivity contribution >= 4 is 17.3 Å². The molecule has 5 nitrogen and oxygen atoms in total. The molecule has 2 unspecified atom stereocenters. The summed E-state index contributed by atoms with van der Waals surface area (Å²) in [5.74, 6) is 0.448. The minimum Gasteiger partial charge on any atom is -0.379 e. The van der Waals surface area contributed by atoms with E-state index in [9.17, 15) is 4.79 Å².